The zero-order valence-corrected chi connectivity index (χ0v) is 10.8. The van der Waals surface area contributed by atoms with Gasteiger partial charge in [0, 0.05) is 18.3 Å². The standard InChI is InChI=1S/C13H16BrNO/c14-9-8-13(16)15-10-4-7-12(15)11-5-2-1-3-6-11/h1-3,5-6,12H,4,7-10H2. The molecule has 1 unspecified atom stereocenters. The van der Waals surface area contributed by atoms with E-state index in [2.05, 4.69) is 28.1 Å². The largest absolute Gasteiger partial charge is 0.336 e. The number of nitrogens with zero attached hydrogens (tertiary/aromatic N) is 1. The molecule has 1 fully saturated rings. The molecule has 1 aliphatic heterocycles. The third-order valence-electron chi connectivity index (χ3n) is 3.07. The van der Waals surface area contributed by atoms with Crippen LogP contribution in [0.1, 0.15) is 30.9 Å². The number of benzene rings is 1. The van der Waals surface area contributed by atoms with E-state index in [-0.39, 0.29) is 5.91 Å². The lowest BCUT2D eigenvalue weighted by Gasteiger charge is -2.24. The highest BCUT2D eigenvalue weighted by Gasteiger charge is 2.28. The minimum atomic E-state index is 0.267. The first-order valence-electron chi connectivity index (χ1n) is 5.73. The smallest absolute Gasteiger partial charge is 0.223 e. The number of likely N-dealkylation sites (tertiary alicyclic amines) is 1. The van der Waals surface area contributed by atoms with Gasteiger partial charge in [-0.15, -0.1) is 0 Å². The van der Waals surface area contributed by atoms with Crippen LogP contribution in [0.15, 0.2) is 30.3 Å². The fourth-order valence-electron chi connectivity index (χ4n) is 2.31. The molecule has 0 saturated carbocycles. The molecule has 0 bridgehead atoms. The summed E-state index contributed by atoms with van der Waals surface area (Å²) in [5.41, 5.74) is 1.27. The van der Waals surface area contributed by atoms with Crippen LogP contribution < -0.4 is 0 Å². The fourth-order valence-corrected chi connectivity index (χ4v) is 2.65. The first-order chi connectivity index (χ1) is 7.83. The number of rotatable bonds is 3. The van der Waals surface area contributed by atoms with Crippen LogP contribution in [0.3, 0.4) is 0 Å². The molecule has 0 aromatic heterocycles. The van der Waals surface area contributed by atoms with Crippen molar-refractivity contribution >= 4 is 21.8 Å². The van der Waals surface area contributed by atoms with Crippen LogP contribution in [0.25, 0.3) is 0 Å². The average Bonchev–Trinajstić information content (AvgIpc) is 2.79. The Hall–Kier alpha value is -0.830. The number of alkyl halides is 1. The first-order valence-corrected chi connectivity index (χ1v) is 6.85. The lowest BCUT2D eigenvalue weighted by molar-refractivity contribution is -0.131. The van der Waals surface area contributed by atoms with E-state index in [4.69, 9.17) is 0 Å². The Morgan fingerprint density at radius 1 is 1.38 bits per heavy atom. The molecule has 1 aromatic rings. The van der Waals surface area contributed by atoms with Crippen molar-refractivity contribution in [2.75, 3.05) is 11.9 Å². The molecule has 16 heavy (non-hydrogen) atoms. The second kappa shape index (κ2) is 5.48. The van der Waals surface area contributed by atoms with Gasteiger partial charge in [-0.05, 0) is 18.4 Å². The SMILES string of the molecule is O=C(CCBr)N1CCCC1c1ccccc1. The normalized spacial score (nSPS) is 20.1. The molecule has 1 aliphatic rings. The molecule has 2 rings (SSSR count). The third-order valence-corrected chi connectivity index (χ3v) is 3.46. The molecule has 1 amide bonds. The summed E-state index contributed by atoms with van der Waals surface area (Å²) in [6.45, 7) is 0.908. The van der Waals surface area contributed by atoms with Gasteiger partial charge in [-0.25, -0.2) is 0 Å². The number of amides is 1. The Bertz CT molecular complexity index is 352. The van der Waals surface area contributed by atoms with E-state index in [0.29, 0.717) is 12.5 Å². The summed E-state index contributed by atoms with van der Waals surface area (Å²) in [4.78, 5) is 13.9. The average molecular weight is 282 g/mol. The fraction of sp³-hybridized carbons (Fsp3) is 0.462. The first kappa shape index (κ1) is 11.6. The van der Waals surface area contributed by atoms with Gasteiger partial charge in [-0.2, -0.15) is 0 Å². The maximum atomic E-state index is 11.9. The van der Waals surface area contributed by atoms with E-state index in [0.717, 1.165) is 24.7 Å². The molecule has 1 heterocycles. The van der Waals surface area contributed by atoms with Crippen LogP contribution in [0, 0.1) is 0 Å². The van der Waals surface area contributed by atoms with Gasteiger partial charge < -0.3 is 4.90 Å². The molecule has 0 aliphatic carbocycles. The van der Waals surface area contributed by atoms with Crippen molar-refractivity contribution in [1.29, 1.82) is 0 Å². The summed E-state index contributed by atoms with van der Waals surface area (Å²) in [5.74, 6) is 0.267. The van der Waals surface area contributed by atoms with Gasteiger partial charge in [0.25, 0.3) is 0 Å². The zero-order chi connectivity index (χ0) is 11.4. The van der Waals surface area contributed by atoms with Crippen LogP contribution in [0.4, 0.5) is 0 Å². The van der Waals surface area contributed by atoms with Crippen molar-refractivity contribution < 1.29 is 4.79 Å². The Kier molecular flexibility index (Phi) is 3.99. The molecule has 1 atom stereocenters. The van der Waals surface area contributed by atoms with Crippen molar-refractivity contribution in [3.63, 3.8) is 0 Å². The topological polar surface area (TPSA) is 20.3 Å². The van der Waals surface area contributed by atoms with Crippen LogP contribution in [-0.4, -0.2) is 22.7 Å². The maximum absolute atomic E-state index is 11.9. The summed E-state index contributed by atoms with van der Waals surface area (Å²) in [7, 11) is 0. The van der Waals surface area contributed by atoms with Gasteiger partial charge >= 0.3 is 0 Å². The number of halogens is 1. The van der Waals surface area contributed by atoms with Crippen LogP contribution in [-0.2, 0) is 4.79 Å². The lowest BCUT2D eigenvalue weighted by Crippen LogP contribution is -2.30. The number of hydrogen-bond acceptors (Lipinski definition) is 1. The molecule has 3 heteroatoms. The van der Waals surface area contributed by atoms with Crippen LogP contribution in [0.5, 0.6) is 0 Å². The predicted octanol–water partition coefficient (Wildman–Crippen LogP) is 3.14. The third kappa shape index (κ3) is 2.46. The molecule has 0 spiro atoms. The highest BCUT2D eigenvalue weighted by Crippen LogP contribution is 2.32. The van der Waals surface area contributed by atoms with Gasteiger partial charge in [0.1, 0.15) is 0 Å². The quantitative estimate of drug-likeness (QED) is 0.780. The summed E-state index contributed by atoms with van der Waals surface area (Å²) >= 11 is 3.33. The van der Waals surface area contributed by atoms with E-state index in [9.17, 15) is 4.79 Å². The van der Waals surface area contributed by atoms with E-state index < -0.39 is 0 Å². The molecular weight excluding hydrogens is 266 g/mol. The second-order valence-corrected chi connectivity index (χ2v) is 4.89. The summed E-state index contributed by atoms with van der Waals surface area (Å²) in [6, 6.07) is 10.6. The maximum Gasteiger partial charge on any atom is 0.223 e. The molecule has 0 radical (unpaired) electrons. The molecule has 1 aromatic carbocycles. The predicted molar refractivity (Wildman–Crippen MR) is 68.5 cm³/mol. The van der Waals surface area contributed by atoms with Gasteiger partial charge in [0.15, 0.2) is 0 Å². The van der Waals surface area contributed by atoms with Gasteiger partial charge in [-0.3, -0.25) is 4.79 Å². The minimum Gasteiger partial charge on any atom is -0.336 e. The molecule has 0 N–H and O–H groups in total. The molecule has 86 valence electrons. The number of carbonyl (C=O) groups is 1. The van der Waals surface area contributed by atoms with Gasteiger partial charge in [-0.1, -0.05) is 46.3 Å². The van der Waals surface area contributed by atoms with Crippen LogP contribution >= 0.6 is 15.9 Å². The zero-order valence-electron chi connectivity index (χ0n) is 9.23. The van der Waals surface area contributed by atoms with Crippen LogP contribution in [0.2, 0.25) is 0 Å². The minimum absolute atomic E-state index is 0.267. The van der Waals surface area contributed by atoms with Crippen molar-refractivity contribution in [3.05, 3.63) is 35.9 Å². The second-order valence-electron chi connectivity index (χ2n) is 4.09. The van der Waals surface area contributed by atoms with Gasteiger partial charge in [0.2, 0.25) is 5.91 Å². The van der Waals surface area contributed by atoms with E-state index in [1.54, 1.807) is 0 Å². The molecular formula is C13H16BrNO. The lowest BCUT2D eigenvalue weighted by atomic mass is 10.0. The summed E-state index contributed by atoms with van der Waals surface area (Å²) in [6.07, 6.45) is 2.81. The summed E-state index contributed by atoms with van der Waals surface area (Å²) < 4.78 is 0. The number of carbonyl (C=O) groups excluding carboxylic acids is 1. The Labute approximate surface area is 105 Å². The van der Waals surface area contributed by atoms with Crippen molar-refractivity contribution in [3.8, 4) is 0 Å². The van der Waals surface area contributed by atoms with E-state index in [1.807, 2.05) is 23.1 Å². The van der Waals surface area contributed by atoms with Crippen molar-refractivity contribution in [2.24, 2.45) is 0 Å². The Morgan fingerprint density at radius 3 is 2.81 bits per heavy atom. The molecule has 1 saturated heterocycles. The Balaban J connectivity index is 2.12. The summed E-state index contributed by atoms with van der Waals surface area (Å²) in [5, 5.41) is 0.754. The Morgan fingerprint density at radius 2 is 2.12 bits per heavy atom. The van der Waals surface area contributed by atoms with Gasteiger partial charge in [0.05, 0.1) is 6.04 Å². The van der Waals surface area contributed by atoms with Crippen molar-refractivity contribution in [1.82, 2.24) is 4.90 Å². The van der Waals surface area contributed by atoms with Crippen molar-refractivity contribution in [2.45, 2.75) is 25.3 Å². The van der Waals surface area contributed by atoms with E-state index in [1.165, 1.54) is 5.56 Å². The monoisotopic (exact) mass is 281 g/mol. The van der Waals surface area contributed by atoms with E-state index >= 15 is 0 Å². The number of hydrogen-bond donors (Lipinski definition) is 0. The highest BCUT2D eigenvalue weighted by molar-refractivity contribution is 9.09. The molecule has 2 nitrogen and oxygen atoms in total. The highest BCUT2D eigenvalue weighted by atomic mass is 79.9.